The Kier molecular flexibility index (Phi) is 14.3. The molecule has 20 heteroatoms. The van der Waals surface area contributed by atoms with E-state index in [1.807, 2.05) is 23.0 Å². The van der Waals surface area contributed by atoms with Gasteiger partial charge >= 0.3 is 6.18 Å². The molecule has 5 heterocycles. The van der Waals surface area contributed by atoms with Gasteiger partial charge in [0.15, 0.2) is 9.84 Å². The zero-order valence-corrected chi connectivity index (χ0v) is 34.8. The first-order chi connectivity index (χ1) is 29.4. The number of piperidine rings is 1. The maximum Gasteiger partial charge on any atom is 0.423 e. The van der Waals surface area contributed by atoms with Gasteiger partial charge in [-0.1, -0.05) is 24.5 Å². The van der Waals surface area contributed by atoms with E-state index in [0.29, 0.717) is 44.0 Å². The monoisotopic (exact) mass is 867 g/mol. The molecule has 16 nitrogen and oxygen atoms in total. The number of carbonyl (C=O) groups is 2. The molecule has 61 heavy (non-hydrogen) atoms. The van der Waals surface area contributed by atoms with Crippen molar-refractivity contribution in [1.29, 1.82) is 0 Å². The van der Waals surface area contributed by atoms with Crippen molar-refractivity contribution in [3.8, 4) is 5.88 Å². The second-order valence-electron chi connectivity index (χ2n) is 15.9. The summed E-state index contributed by atoms with van der Waals surface area (Å²) in [5.41, 5.74) is 0.921. The van der Waals surface area contributed by atoms with Gasteiger partial charge in [-0.15, -0.1) is 5.10 Å². The number of unbranched alkanes of at least 4 members (excludes halogenated alkanes) is 1. The summed E-state index contributed by atoms with van der Waals surface area (Å²) in [7, 11) is -3.58. The first-order valence-electron chi connectivity index (χ1n) is 21.0. The van der Waals surface area contributed by atoms with Crippen LogP contribution in [0.3, 0.4) is 0 Å². The minimum Gasteiger partial charge on any atom is -0.477 e. The summed E-state index contributed by atoms with van der Waals surface area (Å²) in [5.74, 6) is -0.152. The van der Waals surface area contributed by atoms with E-state index >= 15 is 0 Å². The fourth-order valence-corrected chi connectivity index (χ4v) is 9.15. The van der Waals surface area contributed by atoms with Crippen molar-refractivity contribution in [1.82, 2.24) is 40.2 Å². The van der Waals surface area contributed by atoms with E-state index in [4.69, 9.17) is 4.74 Å². The Bertz CT molecular complexity index is 2190. The second kappa shape index (κ2) is 20.0. The Morgan fingerprint density at radius 3 is 2.36 bits per heavy atom. The van der Waals surface area contributed by atoms with Crippen LogP contribution in [0.5, 0.6) is 5.88 Å². The third-order valence-corrected chi connectivity index (χ3v) is 13.1. The fourth-order valence-electron chi connectivity index (χ4n) is 7.78. The number of carbonyl (C=O) groups excluding carboxylic acids is 2. The van der Waals surface area contributed by atoms with Gasteiger partial charge < -0.3 is 20.3 Å². The number of sulfone groups is 1. The van der Waals surface area contributed by atoms with Crippen LogP contribution in [-0.2, 0) is 38.6 Å². The summed E-state index contributed by atoms with van der Waals surface area (Å²) in [6, 6.07) is 9.37. The SMILES string of the molecule is O=C1CCC(Nc2ccc(N3CCN(CCCn4cc(CCCCS(=O)(=O)c5ccc(Nc6ncc(C(F)(F)F)c(OCC7CCCCC7)n6)cc5)nn4)CC3)nc2)C(=O)N1. The highest BCUT2D eigenvalue weighted by Crippen LogP contribution is 2.36. The van der Waals surface area contributed by atoms with Crippen molar-refractivity contribution in [2.45, 2.75) is 94.3 Å². The third-order valence-electron chi connectivity index (χ3n) is 11.3. The van der Waals surface area contributed by atoms with Crippen LogP contribution in [0.4, 0.5) is 36.3 Å². The Balaban J connectivity index is 0.789. The lowest BCUT2D eigenvalue weighted by Gasteiger charge is -2.35. The van der Waals surface area contributed by atoms with E-state index in [9.17, 15) is 31.2 Å². The lowest BCUT2D eigenvalue weighted by atomic mass is 9.90. The highest BCUT2D eigenvalue weighted by atomic mass is 32.2. The summed E-state index contributed by atoms with van der Waals surface area (Å²) < 4.78 is 74.6. The number of imide groups is 1. The van der Waals surface area contributed by atoms with Crippen LogP contribution < -0.4 is 25.6 Å². The van der Waals surface area contributed by atoms with Gasteiger partial charge in [-0.3, -0.25) is 24.5 Å². The number of ether oxygens (including phenoxy) is 1. The quantitative estimate of drug-likeness (QED) is 0.0851. The number of nitrogens with one attached hydrogen (secondary N) is 3. The fraction of sp³-hybridized carbons (Fsp3) is 0.537. The van der Waals surface area contributed by atoms with Gasteiger partial charge in [0.2, 0.25) is 23.6 Å². The van der Waals surface area contributed by atoms with E-state index in [-0.39, 0.29) is 40.9 Å². The number of aromatic nitrogens is 6. The number of hydrogen-bond acceptors (Lipinski definition) is 14. The van der Waals surface area contributed by atoms with Crippen molar-refractivity contribution in [2.75, 3.05) is 60.6 Å². The molecule has 0 radical (unpaired) electrons. The maximum atomic E-state index is 13.7. The molecule has 4 aromatic rings. The molecule has 0 bridgehead atoms. The summed E-state index contributed by atoms with van der Waals surface area (Å²) >= 11 is 0. The summed E-state index contributed by atoms with van der Waals surface area (Å²) in [6.45, 7) is 5.28. The number of benzene rings is 1. The van der Waals surface area contributed by atoms with E-state index in [0.717, 1.165) is 95.0 Å². The van der Waals surface area contributed by atoms with Crippen LogP contribution >= 0.6 is 0 Å². The zero-order chi connectivity index (χ0) is 42.8. The molecule has 3 fully saturated rings. The zero-order valence-electron chi connectivity index (χ0n) is 33.9. The lowest BCUT2D eigenvalue weighted by Crippen LogP contribution is -2.47. The largest absolute Gasteiger partial charge is 0.477 e. The van der Waals surface area contributed by atoms with Gasteiger partial charge in [0.1, 0.15) is 17.4 Å². The molecule has 1 saturated carbocycles. The molecule has 3 aromatic heterocycles. The molecule has 2 amide bonds. The first-order valence-corrected chi connectivity index (χ1v) is 22.6. The molecular weight excluding hydrogens is 816 g/mol. The predicted octanol–water partition coefficient (Wildman–Crippen LogP) is 5.41. The normalized spacial score (nSPS) is 18.2. The van der Waals surface area contributed by atoms with E-state index in [1.165, 1.54) is 24.3 Å². The standard InChI is InChI=1S/C41H52F3N11O5S/c42-41(43,44)34-26-46-40(50-39(34)60-28-29-7-2-1-3-8-29)48-30-10-13-33(14-11-30)61(58,59)24-5-4-9-32-27-55(52-51-32)19-6-18-53-20-22-54(23-21-53)36-16-12-31(25-45-36)47-35-15-17-37(56)49-38(35)57/h10-14,16,25-27,29,35,47H,1-9,15,17-24,28H2,(H,46,48,50)(H,49,56,57). The molecule has 3 N–H and O–H groups in total. The van der Waals surface area contributed by atoms with Gasteiger partial charge in [0, 0.05) is 63.8 Å². The molecule has 1 aliphatic carbocycles. The third kappa shape index (κ3) is 12.4. The smallest absolute Gasteiger partial charge is 0.423 e. The number of pyridine rings is 1. The van der Waals surface area contributed by atoms with Crippen molar-refractivity contribution in [3.05, 3.63) is 66.2 Å². The highest BCUT2D eigenvalue weighted by Gasteiger charge is 2.37. The topological polar surface area (TPSA) is 189 Å². The van der Waals surface area contributed by atoms with E-state index in [2.05, 4.69) is 51.0 Å². The van der Waals surface area contributed by atoms with Gasteiger partial charge in [-0.2, -0.15) is 18.2 Å². The molecule has 3 aliphatic rings. The number of hydrogen-bond donors (Lipinski definition) is 3. The van der Waals surface area contributed by atoms with Gasteiger partial charge in [0.05, 0.1) is 34.8 Å². The van der Waals surface area contributed by atoms with Gasteiger partial charge in [-0.25, -0.2) is 18.4 Å². The molecule has 2 saturated heterocycles. The predicted molar refractivity (Wildman–Crippen MR) is 221 cm³/mol. The molecule has 328 valence electrons. The Hall–Kier alpha value is -5.37. The van der Waals surface area contributed by atoms with Crippen molar-refractivity contribution >= 4 is 44.8 Å². The average Bonchev–Trinajstić information content (AvgIpc) is 3.71. The van der Waals surface area contributed by atoms with Crippen LogP contribution in [0.25, 0.3) is 0 Å². The Morgan fingerprint density at radius 2 is 1.64 bits per heavy atom. The van der Waals surface area contributed by atoms with Gasteiger partial charge in [-0.05, 0) is 87.3 Å². The van der Waals surface area contributed by atoms with Crippen molar-refractivity contribution < 1.29 is 35.9 Å². The Labute approximate surface area is 353 Å². The van der Waals surface area contributed by atoms with Crippen LogP contribution in [0.15, 0.2) is 59.9 Å². The minimum atomic E-state index is -4.67. The van der Waals surface area contributed by atoms with Crippen LogP contribution in [0.2, 0.25) is 0 Å². The molecular formula is C41H52F3N11O5S. The lowest BCUT2D eigenvalue weighted by molar-refractivity contribution is -0.139. The van der Waals surface area contributed by atoms with E-state index < -0.39 is 33.5 Å². The number of halogens is 3. The van der Waals surface area contributed by atoms with Crippen LogP contribution in [-0.4, -0.2) is 106 Å². The highest BCUT2D eigenvalue weighted by molar-refractivity contribution is 7.91. The number of amides is 2. The minimum absolute atomic E-state index is 0.0476. The molecule has 0 spiro atoms. The van der Waals surface area contributed by atoms with Crippen LogP contribution in [0.1, 0.15) is 75.5 Å². The maximum absolute atomic E-state index is 13.7. The molecule has 1 aromatic carbocycles. The summed E-state index contributed by atoms with van der Waals surface area (Å²) in [5, 5.41) is 16.9. The van der Waals surface area contributed by atoms with Crippen molar-refractivity contribution in [2.24, 2.45) is 5.92 Å². The molecule has 7 rings (SSSR count). The second-order valence-corrected chi connectivity index (χ2v) is 18.0. The molecule has 1 unspecified atom stereocenters. The van der Waals surface area contributed by atoms with E-state index in [1.54, 1.807) is 6.20 Å². The first kappa shape index (κ1) is 43.7. The number of piperazine rings is 1. The van der Waals surface area contributed by atoms with Gasteiger partial charge in [0.25, 0.3) is 0 Å². The number of alkyl halides is 3. The summed E-state index contributed by atoms with van der Waals surface area (Å²) in [6.07, 6.45) is 7.99. The number of aryl methyl sites for hydroxylation is 2. The Morgan fingerprint density at radius 1 is 0.869 bits per heavy atom. The molecule has 1 atom stereocenters. The summed E-state index contributed by atoms with van der Waals surface area (Å²) in [4.78, 5) is 40.7. The number of nitrogens with zero attached hydrogens (tertiary/aromatic N) is 8. The molecule has 2 aliphatic heterocycles. The van der Waals surface area contributed by atoms with Crippen LogP contribution in [0, 0.1) is 5.92 Å². The average molecular weight is 868 g/mol. The number of rotatable bonds is 18. The number of anilines is 4. The van der Waals surface area contributed by atoms with Crippen molar-refractivity contribution in [3.63, 3.8) is 0 Å².